The zero-order valence-electron chi connectivity index (χ0n) is 16.2. The summed E-state index contributed by atoms with van der Waals surface area (Å²) in [6.45, 7) is 6.14. The molecule has 1 aromatic heterocycles. The number of nitrogens with zero attached hydrogens (tertiary/aromatic N) is 2. The lowest BCUT2D eigenvalue weighted by molar-refractivity contribution is 0.0949. The summed E-state index contributed by atoms with van der Waals surface area (Å²) in [5.41, 5.74) is 4.60. The standard InChI is InChI=1S/C22H23FN4O/c1-14-8-9-15(2)19(12-14)26-22-25-16(3)13-20(27-22)21(28)24-11-10-17-6-4-5-7-18(17)23/h4-9,12-13H,10-11H2,1-3H3,(H,24,28)(H,25,26,27). The second kappa shape index (κ2) is 8.61. The second-order valence-corrected chi connectivity index (χ2v) is 6.76. The molecule has 5 nitrogen and oxygen atoms in total. The average molecular weight is 378 g/mol. The van der Waals surface area contributed by atoms with Crippen molar-refractivity contribution in [2.24, 2.45) is 0 Å². The van der Waals surface area contributed by atoms with Crippen LogP contribution in [-0.2, 0) is 6.42 Å². The van der Waals surface area contributed by atoms with E-state index in [1.54, 1.807) is 24.3 Å². The number of aromatic nitrogens is 2. The number of halogens is 1. The van der Waals surface area contributed by atoms with Crippen LogP contribution in [0.15, 0.2) is 48.5 Å². The van der Waals surface area contributed by atoms with Crippen LogP contribution in [0.3, 0.4) is 0 Å². The molecule has 1 amide bonds. The van der Waals surface area contributed by atoms with Crippen molar-refractivity contribution < 1.29 is 9.18 Å². The van der Waals surface area contributed by atoms with Crippen molar-refractivity contribution in [3.8, 4) is 0 Å². The van der Waals surface area contributed by atoms with E-state index >= 15 is 0 Å². The minimum absolute atomic E-state index is 0.269. The van der Waals surface area contributed by atoms with Crippen LogP contribution in [0.2, 0.25) is 0 Å². The van der Waals surface area contributed by atoms with E-state index in [2.05, 4.69) is 20.6 Å². The monoisotopic (exact) mass is 378 g/mol. The van der Waals surface area contributed by atoms with Gasteiger partial charge in [0.15, 0.2) is 0 Å². The second-order valence-electron chi connectivity index (χ2n) is 6.76. The molecule has 0 saturated carbocycles. The maximum atomic E-state index is 13.7. The third-order valence-electron chi connectivity index (χ3n) is 4.36. The van der Waals surface area contributed by atoms with Gasteiger partial charge in [0.1, 0.15) is 11.5 Å². The van der Waals surface area contributed by atoms with Crippen molar-refractivity contribution in [3.05, 3.63) is 82.4 Å². The van der Waals surface area contributed by atoms with Crippen molar-refractivity contribution in [2.75, 3.05) is 11.9 Å². The molecule has 3 aromatic rings. The molecule has 0 aliphatic carbocycles. The van der Waals surface area contributed by atoms with E-state index < -0.39 is 0 Å². The molecule has 0 saturated heterocycles. The molecule has 3 rings (SSSR count). The average Bonchev–Trinajstić information content (AvgIpc) is 2.65. The highest BCUT2D eigenvalue weighted by Gasteiger charge is 2.12. The van der Waals surface area contributed by atoms with Gasteiger partial charge < -0.3 is 10.6 Å². The lowest BCUT2D eigenvalue weighted by Gasteiger charge is -2.11. The van der Waals surface area contributed by atoms with Crippen molar-refractivity contribution >= 4 is 17.5 Å². The molecule has 0 atom stereocenters. The van der Waals surface area contributed by atoms with Crippen molar-refractivity contribution in [2.45, 2.75) is 27.2 Å². The largest absolute Gasteiger partial charge is 0.350 e. The predicted octanol–water partition coefficient (Wildman–Crippen LogP) is 4.26. The summed E-state index contributed by atoms with van der Waals surface area (Å²) in [6.07, 6.45) is 0.413. The number of amides is 1. The molecule has 0 fully saturated rings. The number of hydrogen-bond donors (Lipinski definition) is 2. The summed E-state index contributed by atoms with van der Waals surface area (Å²) in [6, 6.07) is 14.2. The fraction of sp³-hybridized carbons (Fsp3) is 0.227. The van der Waals surface area contributed by atoms with E-state index in [0.29, 0.717) is 30.2 Å². The van der Waals surface area contributed by atoms with E-state index in [9.17, 15) is 9.18 Å². The highest BCUT2D eigenvalue weighted by Crippen LogP contribution is 2.20. The minimum atomic E-state index is -0.314. The Labute approximate surface area is 164 Å². The molecule has 6 heteroatoms. The van der Waals surface area contributed by atoms with Crippen molar-refractivity contribution in [3.63, 3.8) is 0 Å². The van der Waals surface area contributed by atoms with E-state index in [4.69, 9.17) is 0 Å². The summed E-state index contributed by atoms with van der Waals surface area (Å²) in [5.74, 6) is -0.214. The van der Waals surface area contributed by atoms with Crippen LogP contribution in [-0.4, -0.2) is 22.4 Å². The Bertz CT molecular complexity index is 1000. The zero-order chi connectivity index (χ0) is 20.1. The lowest BCUT2D eigenvalue weighted by atomic mass is 10.1. The number of benzene rings is 2. The topological polar surface area (TPSA) is 66.9 Å². The van der Waals surface area contributed by atoms with Crippen molar-refractivity contribution in [1.82, 2.24) is 15.3 Å². The van der Waals surface area contributed by atoms with Crippen molar-refractivity contribution in [1.29, 1.82) is 0 Å². The fourth-order valence-electron chi connectivity index (χ4n) is 2.83. The summed E-state index contributed by atoms with van der Waals surface area (Å²) in [7, 11) is 0. The fourth-order valence-corrected chi connectivity index (χ4v) is 2.83. The first-order chi connectivity index (χ1) is 13.4. The van der Waals surface area contributed by atoms with E-state index in [1.807, 2.05) is 39.0 Å². The van der Waals surface area contributed by atoms with Gasteiger partial charge in [-0.2, -0.15) is 0 Å². The van der Waals surface area contributed by atoms with Gasteiger partial charge in [0, 0.05) is 17.9 Å². The Balaban J connectivity index is 1.69. The number of carbonyl (C=O) groups is 1. The Morgan fingerprint density at radius 3 is 2.61 bits per heavy atom. The molecular formula is C22H23FN4O. The summed E-state index contributed by atoms with van der Waals surface area (Å²) < 4.78 is 13.7. The van der Waals surface area contributed by atoms with Gasteiger partial charge in [0.2, 0.25) is 5.95 Å². The van der Waals surface area contributed by atoms with Gasteiger partial charge in [-0.25, -0.2) is 14.4 Å². The SMILES string of the molecule is Cc1ccc(C)c(Nc2nc(C)cc(C(=O)NCCc3ccccc3F)n2)c1. The molecule has 28 heavy (non-hydrogen) atoms. The van der Waals surface area contributed by atoms with E-state index in [1.165, 1.54) is 6.07 Å². The Morgan fingerprint density at radius 1 is 1.04 bits per heavy atom. The Kier molecular flexibility index (Phi) is 5.99. The number of aryl methyl sites for hydroxylation is 3. The molecule has 1 heterocycles. The van der Waals surface area contributed by atoms with Gasteiger partial charge in [-0.15, -0.1) is 0 Å². The molecule has 2 aromatic carbocycles. The van der Waals surface area contributed by atoms with Gasteiger partial charge in [-0.3, -0.25) is 4.79 Å². The van der Waals surface area contributed by atoms with Gasteiger partial charge in [0.25, 0.3) is 5.91 Å². The quantitative estimate of drug-likeness (QED) is 0.673. The third kappa shape index (κ3) is 4.91. The number of hydrogen-bond acceptors (Lipinski definition) is 4. The third-order valence-corrected chi connectivity index (χ3v) is 4.36. The first kappa shape index (κ1) is 19.5. The molecule has 0 bridgehead atoms. The smallest absolute Gasteiger partial charge is 0.270 e. The Morgan fingerprint density at radius 2 is 1.82 bits per heavy atom. The van der Waals surface area contributed by atoms with E-state index in [0.717, 1.165) is 16.8 Å². The Hall–Kier alpha value is -3.28. The first-order valence-corrected chi connectivity index (χ1v) is 9.14. The molecule has 2 N–H and O–H groups in total. The van der Waals surface area contributed by atoms with E-state index in [-0.39, 0.29) is 17.4 Å². The highest BCUT2D eigenvalue weighted by molar-refractivity contribution is 5.92. The maximum absolute atomic E-state index is 13.7. The van der Waals surface area contributed by atoms with Gasteiger partial charge in [-0.1, -0.05) is 30.3 Å². The maximum Gasteiger partial charge on any atom is 0.270 e. The molecule has 0 unspecified atom stereocenters. The normalized spacial score (nSPS) is 10.6. The van der Waals surface area contributed by atoms with Crippen LogP contribution in [0, 0.1) is 26.6 Å². The van der Waals surface area contributed by atoms with Gasteiger partial charge in [0.05, 0.1) is 0 Å². The van der Waals surface area contributed by atoms with Crippen LogP contribution in [0.25, 0.3) is 0 Å². The van der Waals surface area contributed by atoms with Crippen LogP contribution in [0.5, 0.6) is 0 Å². The van der Waals surface area contributed by atoms with Gasteiger partial charge >= 0.3 is 0 Å². The molecule has 0 spiro atoms. The number of rotatable bonds is 6. The first-order valence-electron chi connectivity index (χ1n) is 9.14. The summed E-state index contributed by atoms with van der Waals surface area (Å²) >= 11 is 0. The zero-order valence-corrected chi connectivity index (χ0v) is 16.2. The molecule has 0 aliphatic heterocycles. The number of anilines is 2. The summed E-state index contributed by atoms with van der Waals surface area (Å²) in [5, 5.41) is 5.98. The molecular weight excluding hydrogens is 355 g/mol. The predicted molar refractivity (Wildman–Crippen MR) is 108 cm³/mol. The molecule has 144 valence electrons. The highest BCUT2D eigenvalue weighted by atomic mass is 19.1. The lowest BCUT2D eigenvalue weighted by Crippen LogP contribution is -2.27. The van der Waals surface area contributed by atoms with Crippen LogP contribution in [0.1, 0.15) is 32.9 Å². The molecule has 0 radical (unpaired) electrons. The number of nitrogens with one attached hydrogen (secondary N) is 2. The van der Waals surface area contributed by atoms with Crippen LogP contribution < -0.4 is 10.6 Å². The summed E-state index contributed by atoms with van der Waals surface area (Å²) in [4.78, 5) is 21.2. The van der Waals surface area contributed by atoms with Gasteiger partial charge in [-0.05, 0) is 62.1 Å². The minimum Gasteiger partial charge on any atom is -0.350 e. The van der Waals surface area contributed by atoms with Crippen LogP contribution in [0.4, 0.5) is 16.0 Å². The number of carbonyl (C=O) groups excluding carboxylic acids is 1. The molecule has 0 aliphatic rings. The van der Waals surface area contributed by atoms with Crippen LogP contribution >= 0.6 is 0 Å².